The summed E-state index contributed by atoms with van der Waals surface area (Å²) in [4.78, 5) is 15.1. The van der Waals surface area contributed by atoms with Crippen LogP contribution in [0.15, 0.2) is 30.3 Å². The molecular formula is C24H30FN3O3S. The van der Waals surface area contributed by atoms with Crippen LogP contribution in [0.3, 0.4) is 0 Å². The Morgan fingerprint density at radius 3 is 2.53 bits per heavy atom. The number of benzene rings is 2. The van der Waals surface area contributed by atoms with E-state index in [1.54, 1.807) is 0 Å². The third kappa shape index (κ3) is 4.46. The summed E-state index contributed by atoms with van der Waals surface area (Å²) in [5.74, 6) is -1.41. The highest BCUT2D eigenvalue weighted by Crippen LogP contribution is 2.46. The molecule has 0 aromatic heterocycles. The minimum absolute atomic E-state index is 0.00456. The van der Waals surface area contributed by atoms with Crippen molar-refractivity contribution in [3.8, 4) is 0 Å². The van der Waals surface area contributed by atoms with Crippen LogP contribution in [-0.2, 0) is 15.4 Å². The molecular weight excluding hydrogens is 429 g/mol. The van der Waals surface area contributed by atoms with Gasteiger partial charge in [-0.2, -0.15) is 0 Å². The van der Waals surface area contributed by atoms with Crippen LogP contribution in [0.2, 0.25) is 0 Å². The second kappa shape index (κ2) is 8.06. The summed E-state index contributed by atoms with van der Waals surface area (Å²) in [6.07, 6.45) is 3.99. The molecule has 2 aromatic rings. The van der Waals surface area contributed by atoms with E-state index in [-0.39, 0.29) is 11.6 Å². The number of carbonyl (C=O) groups is 1. The number of aryl methyl sites for hydroxylation is 1. The van der Waals surface area contributed by atoms with Crippen molar-refractivity contribution in [3.63, 3.8) is 0 Å². The van der Waals surface area contributed by atoms with Gasteiger partial charge < -0.3 is 10.2 Å². The number of anilines is 2. The standard InChI is InChI=1S/C24H30FN3O3S/c1-15-7-8-16(11-21(15)28-9-5-6-10-28)20-14-24(2,3)19-13-17(25)12-18(22(19)26-20)23(29)27-32(4,30)31/h7-8,11-13,20,26H,5-6,9-10,14H2,1-4H3,(H,27,29). The zero-order chi connectivity index (χ0) is 23.3. The zero-order valence-corrected chi connectivity index (χ0v) is 19.8. The van der Waals surface area contributed by atoms with E-state index in [1.807, 2.05) is 18.6 Å². The van der Waals surface area contributed by atoms with Gasteiger partial charge in [-0.1, -0.05) is 26.0 Å². The number of amides is 1. The molecule has 0 spiro atoms. The normalized spacial score (nSPS) is 19.9. The Bertz CT molecular complexity index is 1170. The van der Waals surface area contributed by atoms with Crippen LogP contribution in [-0.4, -0.2) is 33.7 Å². The molecule has 0 radical (unpaired) electrons. The monoisotopic (exact) mass is 459 g/mol. The fraction of sp³-hybridized carbons (Fsp3) is 0.458. The van der Waals surface area contributed by atoms with E-state index >= 15 is 0 Å². The summed E-state index contributed by atoms with van der Waals surface area (Å²) in [5, 5.41) is 3.43. The highest BCUT2D eigenvalue weighted by molar-refractivity contribution is 7.89. The van der Waals surface area contributed by atoms with Gasteiger partial charge >= 0.3 is 0 Å². The van der Waals surface area contributed by atoms with Gasteiger partial charge in [0.05, 0.1) is 23.5 Å². The average molecular weight is 460 g/mol. The average Bonchev–Trinajstić information content (AvgIpc) is 3.21. The molecule has 0 bridgehead atoms. The molecule has 1 saturated heterocycles. The Balaban J connectivity index is 1.76. The van der Waals surface area contributed by atoms with Crippen molar-refractivity contribution >= 4 is 27.3 Å². The largest absolute Gasteiger partial charge is 0.377 e. The van der Waals surface area contributed by atoms with Crippen molar-refractivity contribution in [2.45, 2.75) is 51.5 Å². The highest BCUT2D eigenvalue weighted by Gasteiger charge is 2.37. The van der Waals surface area contributed by atoms with E-state index in [2.05, 4.69) is 35.3 Å². The lowest BCUT2D eigenvalue weighted by atomic mass is 9.73. The molecule has 1 atom stereocenters. The Morgan fingerprint density at radius 2 is 1.88 bits per heavy atom. The number of rotatable bonds is 4. The lowest BCUT2D eigenvalue weighted by Crippen LogP contribution is -2.35. The molecule has 4 rings (SSSR count). The molecule has 0 saturated carbocycles. The van der Waals surface area contributed by atoms with Gasteiger partial charge in [0.15, 0.2) is 0 Å². The summed E-state index contributed by atoms with van der Waals surface area (Å²) in [5.41, 5.74) is 4.26. The number of fused-ring (bicyclic) bond motifs is 1. The fourth-order valence-electron chi connectivity index (χ4n) is 4.89. The summed E-state index contributed by atoms with van der Waals surface area (Å²) >= 11 is 0. The number of hydrogen-bond donors (Lipinski definition) is 2. The Morgan fingerprint density at radius 1 is 1.19 bits per heavy atom. The third-order valence-electron chi connectivity index (χ3n) is 6.47. The minimum atomic E-state index is -3.78. The van der Waals surface area contributed by atoms with E-state index in [9.17, 15) is 17.6 Å². The van der Waals surface area contributed by atoms with Gasteiger partial charge in [-0.25, -0.2) is 17.5 Å². The molecule has 1 unspecified atom stereocenters. The zero-order valence-electron chi connectivity index (χ0n) is 19.0. The molecule has 2 aromatic carbocycles. The highest BCUT2D eigenvalue weighted by atomic mass is 32.2. The van der Waals surface area contributed by atoms with Crippen molar-refractivity contribution < 1.29 is 17.6 Å². The van der Waals surface area contributed by atoms with Gasteiger partial charge in [0.1, 0.15) is 5.82 Å². The van der Waals surface area contributed by atoms with Gasteiger partial charge in [-0.15, -0.1) is 0 Å². The van der Waals surface area contributed by atoms with E-state index < -0.39 is 27.2 Å². The smallest absolute Gasteiger partial charge is 0.266 e. The molecule has 172 valence electrons. The molecule has 8 heteroatoms. The molecule has 1 amide bonds. The first-order chi connectivity index (χ1) is 14.9. The Kier molecular flexibility index (Phi) is 5.69. The number of nitrogens with zero attached hydrogens (tertiary/aromatic N) is 1. The quantitative estimate of drug-likeness (QED) is 0.714. The van der Waals surface area contributed by atoms with Crippen molar-refractivity contribution in [2.75, 3.05) is 29.6 Å². The third-order valence-corrected chi connectivity index (χ3v) is 7.03. The number of carbonyl (C=O) groups excluding carboxylic acids is 1. The minimum Gasteiger partial charge on any atom is -0.377 e. The van der Waals surface area contributed by atoms with Gasteiger partial charge in [0.2, 0.25) is 10.0 Å². The molecule has 2 aliphatic heterocycles. The van der Waals surface area contributed by atoms with Crippen LogP contribution < -0.4 is 14.9 Å². The molecule has 0 aliphatic carbocycles. The number of sulfonamides is 1. The molecule has 2 aliphatic rings. The second-order valence-electron chi connectivity index (χ2n) is 9.60. The van der Waals surface area contributed by atoms with Crippen LogP contribution in [0.25, 0.3) is 0 Å². The molecule has 6 nitrogen and oxygen atoms in total. The van der Waals surface area contributed by atoms with Gasteiger partial charge in [0, 0.05) is 18.8 Å². The SMILES string of the molecule is Cc1ccc(C2CC(C)(C)c3cc(F)cc(C(=O)NS(C)(=O)=O)c3N2)cc1N1CCCC1. The first-order valence-electron chi connectivity index (χ1n) is 10.9. The summed E-state index contributed by atoms with van der Waals surface area (Å²) < 4.78 is 39.6. The van der Waals surface area contributed by atoms with Crippen LogP contribution >= 0.6 is 0 Å². The molecule has 1 fully saturated rings. The van der Waals surface area contributed by atoms with E-state index in [1.165, 1.54) is 30.2 Å². The van der Waals surface area contributed by atoms with Crippen molar-refractivity contribution in [1.29, 1.82) is 0 Å². The van der Waals surface area contributed by atoms with Crippen molar-refractivity contribution in [3.05, 3.63) is 58.4 Å². The summed E-state index contributed by atoms with van der Waals surface area (Å²) in [6, 6.07) is 8.84. The number of halogens is 1. The first kappa shape index (κ1) is 22.6. The van der Waals surface area contributed by atoms with Gasteiger partial charge in [0.25, 0.3) is 5.91 Å². The summed E-state index contributed by atoms with van der Waals surface area (Å²) in [7, 11) is -3.78. The molecule has 2 heterocycles. The van der Waals surface area contributed by atoms with Crippen molar-refractivity contribution in [2.24, 2.45) is 0 Å². The predicted octanol–water partition coefficient (Wildman–Crippen LogP) is 4.26. The van der Waals surface area contributed by atoms with Crippen LogP contribution in [0.4, 0.5) is 15.8 Å². The van der Waals surface area contributed by atoms with Gasteiger partial charge in [-0.3, -0.25) is 4.79 Å². The van der Waals surface area contributed by atoms with Crippen LogP contribution in [0.1, 0.15) is 66.2 Å². The van der Waals surface area contributed by atoms with E-state index in [0.717, 1.165) is 31.0 Å². The predicted molar refractivity (Wildman–Crippen MR) is 125 cm³/mol. The maximum absolute atomic E-state index is 14.4. The Hall–Kier alpha value is -2.61. The lowest BCUT2D eigenvalue weighted by Gasteiger charge is -2.40. The Labute approximate surface area is 189 Å². The fourth-order valence-corrected chi connectivity index (χ4v) is 5.33. The van der Waals surface area contributed by atoms with Crippen LogP contribution in [0.5, 0.6) is 0 Å². The maximum atomic E-state index is 14.4. The second-order valence-corrected chi connectivity index (χ2v) is 11.4. The molecule has 2 N–H and O–H groups in total. The lowest BCUT2D eigenvalue weighted by molar-refractivity contribution is 0.0981. The van der Waals surface area contributed by atoms with Crippen molar-refractivity contribution in [1.82, 2.24) is 4.72 Å². The van der Waals surface area contributed by atoms with Crippen LogP contribution in [0, 0.1) is 12.7 Å². The summed E-state index contributed by atoms with van der Waals surface area (Å²) in [6.45, 7) is 8.25. The van der Waals surface area contributed by atoms with Gasteiger partial charge in [-0.05, 0) is 66.5 Å². The number of hydrogen-bond acceptors (Lipinski definition) is 5. The van der Waals surface area contributed by atoms with E-state index in [4.69, 9.17) is 0 Å². The maximum Gasteiger partial charge on any atom is 0.266 e. The first-order valence-corrected chi connectivity index (χ1v) is 12.8. The number of nitrogens with one attached hydrogen (secondary N) is 2. The molecule has 32 heavy (non-hydrogen) atoms. The van der Waals surface area contributed by atoms with E-state index in [0.29, 0.717) is 17.7 Å². The topological polar surface area (TPSA) is 78.5 Å².